The fraction of sp³-hybridized carbons (Fsp3) is 0.667. The highest BCUT2D eigenvalue weighted by Crippen LogP contribution is 2.29. The molecule has 1 aliphatic rings. The number of benzene rings is 1. The van der Waals surface area contributed by atoms with Crippen LogP contribution in [0.15, 0.2) is 22.7 Å². The van der Waals surface area contributed by atoms with Crippen molar-refractivity contribution in [3.63, 3.8) is 0 Å². The van der Waals surface area contributed by atoms with Crippen LogP contribution in [0.3, 0.4) is 0 Å². The lowest BCUT2D eigenvalue weighted by Gasteiger charge is -2.36. The monoisotopic (exact) mass is 586 g/mol. The average Bonchev–Trinajstić information content (AvgIpc) is 2.85. The van der Waals surface area contributed by atoms with Gasteiger partial charge in [-0.3, -0.25) is 14.4 Å². The van der Waals surface area contributed by atoms with Gasteiger partial charge in [-0.25, -0.2) is 0 Å². The largest absolute Gasteiger partial charge is 0.480 e. The second-order valence-corrected chi connectivity index (χ2v) is 10.6. The van der Waals surface area contributed by atoms with Gasteiger partial charge in [0.2, 0.25) is 5.91 Å². The van der Waals surface area contributed by atoms with Gasteiger partial charge in [0.15, 0.2) is 6.10 Å². The number of carbonyl (C=O) groups excluding carboxylic acids is 3. The number of piperazine rings is 1. The van der Waals surface area contributed by atoms with E-state index in [1.54, 1.807) is 25.1 Å². The Labute approximate surface area is 228 Å². The van der Waals surface area contributed by atoms with E-state index >= 15 is 0 Å². The maximum atomic E-state index is 13.1. The lowest BCUT2D eigenvalue weighted by atomic mass is 10.1. The van der Waals surface area contributed by atoms with Gasteiger partial charge < -0.3 is 19.7 Å². The topological polar surface area (TPSA) is 84.9 Å². The van der Waals surface area contributed by atoms with Gasteiger partial charge in [-0.1, -0.05) is 76.3 Å². The van der Waals surface area contributed by atoms with E-state index in [4.69, 9.17) is 21.1 Å². The third kappa shape index (κ3) is 10.7. The molecule has 0 saturated carbocycles. The van der Waals surface area contributed by atoms with Crippen LogP contribution in [0, 0.1) is 0 Å². The van der Waals surface area contributed by atoms with Gasteiger partial charge >= 0.3 is 5.97 Å². The number of hydrogen-bond donors (Lipinski definition) is 1. The van der Waals surface area contributed by atoms with Crippen LogP contribution < -0.4 is 10.1 Å². The first-order valence-electron chi connectivity index (χ1n) is 13.2. The summed E-state index contributed by atoms with van der Waals surface area (Å²) in [5.74, 6) is -0.724. The van der Waals surface area contributed by atoms with Crippen molar-refractivity contribution in [2.75, 3.05) is 19.7 Å². The highest BCUT2D eigenvalue weighted by molar-refractivity contribution is 9.10. The smallest absolute Gasteiger partial charge is 0.308 e. The van der Waals surface area contributed by atoms with Crippen molar-refractivity contribution >= 4 is 45.3 Å². The number of ether oxygens (including phenoxy) is 2. The van der Waals surface area contributed by atoms with Gasteiger partial charge in [0, 0.05) is 18.1 Å². The maximum absolute atomic E-state index is 13.1. The third-order valence-corrected chi connectivity index (χ3v) is 7.14. The Bertz CT molecular complexity index is 853. The molecule has 0 radical (unpaired) electrons. The summed E-state index contributed by atoms with van der Waals surface area (Å²) in [6.45, 7) is 4.81. The van der Waals surface area contributed by atoms with Crippen molar-refractivity contribution in [3.05, 3.63) is 27.7 Å². The number of nitrogens with one attached hydrogen (secondary N) is 1. The van der Waals surface area contributed by atoms with Crippen molar-refractivity contribution in [1.29, 1.82) is 0 Å². The lowest BCUT2D eigenvalue weighted by molar-refractivity contribution is -0.154. The summed E-state index contributed by atoms with van der Waals surface area (Å²) >= 11 is 9.34. The molecule has 2 atom stereocenters. The van der Waals surface area contributed by atoms with Gasteiger partial charge in [-0.15, -0.1) is 0 Å². The molecular formula is C27H40BrClN2O5. The molecule has 0 aromatic heterocycles. The van der Waals surface area contributed by atoms with Crippen molar-refractivity contribution < 1.29 is 23.9 Å². The van der Waals surface area contributed by atoms with Crippen LogP contribution in [0.2, 0.25) is 5.02 Å². The van der Waals surface area contributed by atoms with E-state index in [1.807, 2.05) is 0 Å². The number of rotatable bonds is 16. The van der Waals surface area contributed by atoms with Crippen LogP contribution in [0.25, 0.3) is 0 Å². The average molecular weight is 588 g/mol. The molecule has 2 unspecified atom stereocenters. The van der Waals surface area contributed by atoms with Crippen molar-refractivity contribution in [3.8, 4) is 5.75 Å². The predicted octanol–water partition coefficient (Wildman–Crippen LogP) is 6.05. The summed E-state index contributed by atoms with van der Waals surface area (Å²) in [4.78, 5) is 39.5. The Morgan fingerprint density at radius 1 is 1.11 bits per heavy atom. The quantitative estimate of drug-likeness (QED) is 0.188. The zero-order valence-corrected chi connectivity index (χ0v) is 23.9. The number of carbonyl (C=O) groups is 3. The second-order valence-electron chi connectivity index (χ2n) is 9.28. The Hall–Kier alpha value is -1.80. The normalized spacial score (nSPS) is 16.4. The molecule has 7 nitrogen and oxygen atoms in total. The molecule has 0 bridgehead atoms. The summed E-state index contributed by atoms with van der Waals surface area (Å²) in [5.41, 5.74) is 0. The zero-order chi connectivity index (χ0) is 26.3. The molecule has 2 amide bonds. The highest BCUT2D eigenvalue weighted by Gasteiger charge is 2.37. The third-order valence-electron chi connectivity index (χ3n) is 6.28. The first-order valence-corrected chi connectivity index (χ1v) is 14.4. The second kappa shape index (κ2) is 16.8. The minimum Gasteiger partial charge on any atom is -0.480 e. The lowest BCUT2D eigenvalue weighted by Crippen LogP contribution is -2.60. The van der Waals surface area contributed by atoms with Crippen molar-refractivity contribution in [1.82, 2.24) is 10.2 Å². The van der Waals surface area contributed by atoms with E-state index in [1.165, 1.54) is 49.8 Å². The molecule has 1 heterocycles. The van der Waals surface area contributed by atoms with E-state index < -0.39 is 18.1 Å². The molecule has 2 rings (SSSR count). The first kappa shape index (κ1) is 30.4. The molecule has 1 fully saturated rings. The summed E-state index contributed by atoms with van der Waals surface area (Å²) in [7, 11) is 0. The van der Waals surface area contributed by atoms with E-state index in [0.717, 1.165) is 19.3 Å². The molecule has 1 aromatic carbocycles. The van der Waals surface area contributed by atoms with Crippen LogP contribution in [0.5, 0.6) is 5.75 Å². The van der Waals surface area contributed by atoms with Crippen LogP contribution in [0.4, 0.5) is 0 Å². The molecule has 36 heavy (non-hydrogen) atoms. The highest BCUT2D eigenvalue weighted by atomic mass is 79.9. The van der Waals surface area contributed by atoms with Crippen LogP contribution in [-0.2, 0) is 19.1 Å². The number of hydrogen-bond acceptors (Lipinski definition) is 5. The molecule has 1 aliphatic heterocycles. The van der Waals surface area contributed by atoms with Crippen LogP contribution in [-0.4, -0.2) is 54.5 Å². The number of nitrogens with zero attached hydrogens (tertiary/aromatic N) is 1. The molecule has 1 saturated heterocycles. The molecule has 0 spiro atoms. The SMILES string of the molecule is CCCCCCCCCCCCOC(=O)CC1C(=O)NCCN1C(=O)C(C)Oc1ccc(Cl)cc1Br. The number of amides is 2. The van der Waals surface area contributed by atoms with E-state index in [-0.39, 0.29) is 18.2 Å². The Morgan fingerprint density at radius 3 is 2.39 bits per heavy atom. The predicted molar refractivity (Wildman–Crippen MR) is 145 cm³/mol. The molecule has 1 N–H and O–H groups in total. The molecule has 202 valence electrons. The Balaban J connectivity index is 1.74. The number of unbranched alkanes of at least 4 members (excludes halogenated alkanes) is 9. The Kier molecular flexibility index (Phi) is 14.2. The number of halogens is 2. The summed E-state index contributed by atoms with van der Waals surface area (Å²) in [6, 6.07) is 4.10. The van der Waals surface area contributed by atoms with E-state index in [9.17, 15) is 14.4 Å². The maximum Gasteiger partial charge on any atom is 0.308 e. The van der Waals surface area contributed by atoms with Crippen LogP contribution in [0.1, 0.15) is 84.5 Å². The van der Waals surface area contributed by atoms with E-state index in [2.05, 4.69) is 28.2 Å². The fourth-order valence-electron chi connectivity index (χ4n) is 4.22. The minimum atomic E-state index is -0.911. The van der Waals surface area contributed by atoms with E-state index in [0.29, 0.717) is 34.9 Å². The van der Waals surface area contributed by atoms with Crippen LogP contribution >= 0.6 is 27.5 Å². The molecule has 0 aliphatic carbocycles. The first-order chi connectivity index (χ1) is 17.3. The minimum absolute atomic E-state index is 0.174. The summed E-state index contributed by atoms with van der Waals surface area (Å²) < 4.78 is 11.8. The standard InChI is InChI=1S/C27H40BrClN2O5/c1-3-4-5-6-7-8-9-10-11-12-17-35-25(32)19-23-26(33)30-15-16-31(23)27(34)20(2)36-24-14-13-21(29)18-22(24)28/h13-14,18,20,23H,3-12,15-17,19H2,1-2H3,(H,30,33). The van der Waals surface area contributed by atoms with Gasteiger partial charge in [-0.2, -0.15) is 0 Å². The Morgan fingerprint density at radius 2 is 1.75 bits per heavy atom. The summed E-state index contributed by atoms with van der Waals surface area (Å²) in [6.07, 6.45) is 11.0. The molecule has 1 aromatic rings. The number of esters is 1. The fourth-order valence-corrected chi connectivity index (χ4v) is 5.00. The van der Waals surface area contributed by atoms with Gasteiger partial charge in [-0.05, 0) is 47.5 Å². The summed E-state index contributed by atoms with van der Waals surface area (Å²) in [5, 5.41) is 3.27. The van der Waals surface area contributed by atoms with Crippen molar-refractivity contribution in [2.24, 2.45) is 0 Å². The van der Waals surface area contributed by atoms with Gasteiger partial charge in [0.1, 0.15) is 11.8 Å². The molecular weight excluding hydrogens is 548 g/mol. The van der Waals surface area contributed by atoms with Gasteiger partial charge in [0.05, 0.1) is 17.5 Å². The zero-order valence-electron chi connectivity index (χ0n) is 21.5. The van der Waals surface area contributed by atoms with Crippen molar-refractivity contribution in [2.45, 2.75) is 96.6 Å². The molecule has 9 heteroatoms. The van der Waals surface area contributed by atoms with Gasteiger partial charge in [0.25, 0.3) is 5.91 Å².